The summed E-state index contributed by atoms with van der Waals surface area (Å²) >= 11 is 5.85. The molecule has 0 aliphatic heterocycles. The van der Waals surface area contributed by atoms with E-state index in [0.29, 0.717) is 12.5 Å². The molecule has 116 valence electrons. The Balaban J connectivity index is 2.15. The summed E-state index contributed by atoms with van der Waals surface area (Å²) < 4.78 is 22.7. The Bertz CT molecular complexity index is 667. The molecule has 1 N–H and O–H groups in total. The fraction of sp³-hybridized carbons (Fsp3) is 0.500. The van der Waals surface area contributed by atoms with E-state index in [-0.39, 0.29) is 26.8 Å². The van der Waals surface area contributed by atoms with Crippen LogP contribution < -0.4 is 5.32 Å². The topological polar surface area (TPSA) is 63.2 Å². The lowest BCUT2D eigenvalue weighted by Gasteiger charge is -2.20. The van der Waals surface area contributed by atoms with Crippen LogP contribution in [0.25, 0.3) is 0 Å². The molecular weight excluding hydrogens is 333 g/mol. The Kier molecular flexibility index (Phi) is 4.57. The van der Waals surface area contributed by atoms with Gasteiger partial charge in [0.05, 0.1) is 4.90 Å². The van der Waals surface area contributed by atoms with Gasteiger partial charge in [-0.1, -0.05) is 25.4 Å². The van der Waals surface area contributed by atoms with Gasteiger partial charge >= 0.3 is 0 Å². The molecule has 1 amide bonds. The average molecular weight is 350 g/mol. The number of nitrogens with one attached hydrogen (secondary N) is 1. The molecule has 1 saturated carbocycles. The third-order valence-electron chi connectivity index (χ3n) is 4.13. The first-order chi connectivity index (χ1) is 9.64. The summed E-state index contributed by atoms with van der Waals surface area (Å²) in [4.78, 5) is 12.0. The van der Waals surface area contributed by atoms with Gasteiger partial charge in [-0.2, -0.15) is 0 Å². The quantitative estimate of drug-likeness (QED) is 0.828. The molecule has 0 bridgehead atoms. The van der Waals surface area contributed by atoms with Gasteiger partial charge in [0, 0.05) is 27.8 Å². The van der Waals surface area contributed by atoms with E-state index in [9.17, 15) is 13.2 Å². The van der Waals surface area contributed by atoms with Gasteiger partial charge in [-0.25, -0.2) is 8.42 Å². The van der Waals surface area contributed by atoms with E-state index in [0.717, 1.165) is 12.8 Å². The minimum atomic E-state index is -3.92. The summed E-state index contributed by atoms with van der Waals surface area (Å²) in [6.45, 7) is 4.85. The van der Waals surface area contributed by atoms with Crippen molar-refractivity contribution in [3.05, 3.63) is 28.8 Å². The summed E-state index contributed by atoms with van der Waals surface area (Å²) in [5, 5.41) is 3.01. The van der Waals surface area contributed by atoms with Crippen LogP contribution in [-0.4, -0.2) is 20.9 Å². The van der Waals surface area contributed by atoms with E-state index in [1.807, 2.05) is 0 Å². The molecule has 0 spiro atoms. The highest BCUT2D eigenvalue weighted by molar-refractivity contribution is 8.13. The lowest BCUT2D eigenvalue weighted by molar-refractivity contribution is 0.0939. The lowest BCUT2D eigenvalue weighted by atomic mass is 9.92. The number of carbonyl (C=O) groups excluding carboxylic acids is 1. The molecule has 0 saturated heterocycles. The zero-order valence-corrected chi connectivity index (χ0v) is 14.1. The Morgan fingerprint density at radius 2 is 1.95 bits per heavy atom. The van der Waals surface area contributed by atoms with Crippen molar-refractivity contribution >= 4 is 37.2 Å². The van der Waals surface area contributed by atoms with Gasteiger partial charge in [-0.15, -0.1) is 0 Å². The molecule has 1 fully saturated rings. The summed E-state index contributed by atoms with van der Waals surface area (Å²) in [7, 11) is 1.37. The van der Waals surface area contributed by atoms with Gasteiger partial charge in [-0.05, 0) is 42.4 Å². The van der Waals surface area contributed by atoms with E-state index < -0.39 is 9.05 Å². The van der Waals surface area contributed by atoms with Crippen LogP contribution in [0.3, 0.4) is 0 Å². The summed E-state index contributed by atoms with van der Waals surface area (Å²) in [5.74, 6) is 0.155. The highest BCUT2D eigenvalue weighted by atomic mass is 35.7. The number of amides is 1. The Hall–Kier alpha value is -0.780. The van der Waals surface area contributed by atoms with Crippen molar-refractivity contribution in [1.29, 1.82) is 0 Å². The number of halogens is 2. The first-order valence-corrected chi connectivity index (χ1v) is 9.36. The second kappa shape index (κ2) is 5.78. The highest BCUT2D eigenvalue weighted by Crippen LogP contribution is 2.51. The maximum absolute atomic E-state index is 12.2. The van der Waals surface area contributed by atoms with E-state index >= 15 is 0 Å². The van der Waals surface area contributed by atoms with Crippen molar-refractivity contribution in [2.24, 2.45) is 11.3 Å². The van der Waals surface area contributed by atoms with Crippen molar-refractivity contribution in [3.63, 3.8) is 0 Å². The molecule has 0 aromatic heterocycles. The van der Waals surface area contributed by atoms with E-state index in [1.165, 1.54) is 18.2 Å². The molecule has 1 aliphatic carbocycles. The van der Waals surface area contributed by atoms with E-state index in [2.05, 4.69) is 19.2 Å². The van der Waals surface area contributed by atoms with Gasteiger partial charge < -0.3 is 5.32 Å². The number of rotatable bonds is 5. The molecular formula is C14H17Cl2NO3S. The van der Waals surface area contributed by atoms with Crippen molar-refractivity contribution < 1.29 is 13.2 Å². The maximum atomic E-state index is 12.2. The van der Waals surface area contributed by atoms with Crippen LogP contribution in [0.15, 0.2) is 23.1 Å². The van der Waals surface area contributed by atoms with Gasteiger partial charge in [0.25, 0.3) is 15.0 Å². The molecule has 21 heavy (non-hydrogen) atoms. The predicted molar refractivity (Wildman–Crippen MR) is 83.3 cm³/mol. The van der Waals surface area contributed by atoms with Crippen molar-refractivity contribution in [2.45, 2.75) is 31.6 Å². The van der Waals surface area contributed by atoms with Gasteiger partial charge in [0.2, 0.25) is 0 Å². The van der Waals surface area contributed by atoms with E-state index in [4.69, 9.17) is 22.3 Å². The first-order valence-electron chi connectivity index (χ1n) is 6.67. The van der Waals surface area contributed by atoms with Crippen molar-refractivity contribution in [1.82, 2.24) is 5.32 Å². The van der Waals surface area contributed by atoms with Crippen LogP contribution in [0, 0.1) is 11.3 Å². The normalized spacial score (nSPS) is 16.8. The van der Waals surface area contributed by atoms with Crippen LogP contribution in [0.4, 0.5) is 0 Å². The Labute approximate surface area is 134 Å². The van der Waals surface area contributed by atoms with Crippen molar-refractivity contribution in [3.8, 4) is 0 Å². The second-order valence-corrected chi connectivity index (χ2v) is 8.82. The summed E-state index contributed by atoms with van der Waals surface area (Å²) in [6.07, 6.45) is 2.20. The largest absolute Gasteiger partial charge is 0.351 e. The molecule has 4 nitrogen and oxygen atoms in total. The Morgan fingerprint density at radius 1 is 1.33 bits per heavy atom. The smallest absolute Gasteiger partial charge is 0.261 e. The number of hydrogen-bond donors (Lipinski definition) is 1. The zero-order chi connectivity index (χ0) is 15.8. The van der Waals surface area contributed by atoms with Crippen LogP contribution in [0.5, 0.6) is 0 Å². The lowest BCUT2D eigenvalue weighted by Crippen LogP contribution is -2.32. The second-order valence-electron chi connectivity index (χ2n) is 5.81. The zero-order valence-electron chi connectivity index (χ0n) is 11.8. The van der Waals surface area contributed by atoms with Crippen molar-refractivity contribution in [2.75, 3.05) is 6.54 Å². The number of hydrogen-bond acceptors (Lipinski definition) is 3. The Morgan fingerprint density at radius 3 is 2.43 bits per heavy atom. The number of carbonyl (C=O) groups is 1. The highest BCUT2D eigenvalue weighted by Gasteiger charge is 2.45. The average Bonchev–Trinajstić information content (AvgIpc) is 3.15. The maximum Gasteiger partial charge on any atom is 0.261 e. The van der Waals surface area contributed by atoms with Crippen LogP contribution in [0.1, 0.15) is 37.0 Å². The molecule has 1 aromatic carbocycles. The molecule has 2 rings (SSSR count). The molecule has 0 atom stereocenters. The van der Waals surface area contributed by atoms with Crippen LogP contribution in [-0.2, 0) is 9.05 Å². The molecule has 0 radical (unpaired) electrons. The van der Waals surface area contributed by atoms with Gasteiger partial charge in [0.15, 0.2) is 0 Å². The SMILES string of the molecule is CC(C)C1(CNC(=O)c2cc(Cl)cc(S(=O)(=O)Cl)c2)CC1. The fourth-order valence-electron chi connectivity index (χ4n) is 2.31. The number of benzene rings is 1. The predicted octanol–water partition coefficient (Wildman–Crippen LogP) is 3.43. The molecule has 1 aliphatic rings. The standard InChI is InChI=1S/C14H17Cl2NO3S/c1-9(2)14(3-4-14)8-17-13(18)10-5-11(15)7-12(6-10)21(16,19)20/h5-7,9H,3-4,8H2,1-2H3,(H,17,18). The molecule has 1 aromatic rings. The monoisotopic (exact) mass is 349 g/mol. The summed E-state index contributed by atoms with van der Waals surface area (Å²) in [5.41, 5.74) is 0.372. The van der Waals surface area contributed by atoms with Crippen LogP contribution in [0.2, 0.25) is 5.02 Å². The molecule has 0 unspecified atom stereocenters. The summed E-state index contributed by atoms with van der Waals surface area (Å²) in [6, 6.07) is 3.88. The molecule has 0 heterocycles. The minimum absolute atomic E-state index is 0.159. The van der Waals surface area contributed by atoms with Gasteiger partial charge in [0.1, 0.15) is 0 Å². The third-order valence-corrected chi connectivity index (χ3v) is 5.68. The van der Waals surface area contributed by atoms with E-state index in [1.54, 1.807) is 0 Å². The third kappa shape index (κ3) is 3.90. The minimum Gasteiger partial charge on any atom is -0.351 e. The molecule has 7 heteroatoms. The first kappa shape index (κ1) is 16.6. The fourth-order valence-corrected chi connectivity index (χ4v) is 3.41. The van der Waals surface area contributed by atoms with Gasteiger partial charge in [-0.3, -0.25) is 4.79 Å². The van der Waals surface area contributed by atoms with Crippen LogP contribution >= 0.6 is 22.3 Å².